The number of amides is 1. The van der Waals surface area contributed by atoms with E-state index in [1.165, 1.54) is 0 Å². The van der Waals surface area contributed by atoms with Gasteiger partial charge in [-0.2, -0.15) is 0 Å². The Labute approximate surface area is 276 Å². The van der Waals surface area contributed by atoms with Crippen molar-refractivity contribution in [2.45, 2.75) is 35.4 Å². The van der Waals surface area contributed by atoms with Crippen molar-refractivity contribution >= 4 is 23.4 Å². The minimum Gasteiger partial charge on any atom is -0.382 e. The molecule has 6 rings (SSSR count). The highest BCUT2D eigenvalue weighted by Gasteiger charge is 2.39. The Bertz CT molecular complexity index is 1650. The Morgan fingerprint density at radius 1 is 0.783 bits per heavy atom. The van der Waals surface area contributed by atoms with Crippen molar-refractivity contribution in [1.82, 2.24) is 4.90 Å². The first kappa shape index (κ1) is 31.8. The number of aryl methyl sites for hydroxylation is 1. The molecule has 1 amide bonds. The molecule has 0 unspecified atom stereocenters. The van der Waals surface area contributed by atoms with E-state index in [2.05, 4.69) is 42.5 Å². The Kier molecular flexibility index (Phi) is 9.71. The van der Waals surface area contributed by atoms with Gasteiger partial charge in [0.1, 0.15) is 11.7 Å². The Hall–Kier alpha value is -4.20. The zero-order chi connectivity index (χ0) is 32.1. The van der Waals surface area contributed by atoms with Crippen molar-refractivity contribution in [2.75, 3.05) is 32.1 Å². The van der Waals surface area contributed by atoms with Crippen LogP contribution in [0.2, 0.25) is 0 Å². The largest absolute Gasteiger partial charge is 0.382 e. The highest BCUT2D eigenvalue weighted by atomic mass is 32.2. The van der Waals surface area contributed by atoms with Gasteiger partial charge in [0.25, 0.3) is 5.91 Å². The van der Waals surface area contributed by atoms with Gasteiger partial charge in [0.2, 0.25) is 0 Å². The van der Waals surface area contributed by atoms with Crippen LogP contribution in [0.25, 0.3) is 0 Å². The van der Waals surface area contributed by atoms with Gasteiger partial charge in [-0.15, -0.1) is 11.8 Å². The van der Waals surface area contributed by atoms with E-state index in [1.807, 2.05) is 117 Å². The average Bonchev–Trinajstić information content (AvgIpc) is 3.19. The maximum Gasteiger partial charge on any atom is 0.257 e. The molecule has 0 bridgehead atoms. The highest BCUT2D eigenvalue weighted by molar-refractivity contribution is 7.99. The van der Waals surface area contributed by atoms with Gasteiger partial charge in [-0.05, 0) is 61.0 Å². The second-order valence-corrected chi connectivity index (χ2v) is 13.2. The molecule has 6 heteroatoms. The van der Waals surface area contributed by atoms with Crippen LogP contribution in [0.4, 0.5) is 5.69 Å². The monoisotopic (exact) mass is 628 g/mol. The average molecular weight is 629 g/mol. The Balaban J connectivity index is 1.41. The van der Waals surface area contributed by atoms with Crippen LogP contribution < -0.4 is 4.90 Å². The number of likely N-dealkylation sites (N-methyl/N-ethyl adjacent to an activating group) is 1. The molecule has 234 valence electrons. The summed E-state index contributed by atoms with van der Waals surface area (Å²) in [6.07, 6.45) is -1.18. The molecule has 1 N–H and O–H groups in total. The quantitative estimate of drug-likeness (QED) is 0.161. The summed E-state index contributed by atoms with van der Waals surface area (Å²) in [4.78, 5) is 18.5. The smallest absolute Gasteiger partial charge is 0.257 e. The first-order valence-electron chi connectivity index (χ1n) is 15.7. The fourth-order valence-corrected chi connectivity index (χ4v) is 7.40. The summed E-state index contributed by atoms with van der Waals surface area (Å²) in [7, 11) is 3.98. The van der Waals surface area contributed by atoms with Crippen molar-refractivity contribution < 1.29 is 14.6 Å². The minimum atomic E-state index is -1.18. The second-order valence-electron chi connectivity index (χ2n) is 12.1. The lowest BCUT2D eigenvalue weighted by atomic mass is 9.80. The molecular formula is C40H40N2O3S. The van der Waals surface area contributed by atoms with E-state index in [0.29, 0.717) is 19.7 Å². The van der Waals surface area contributed by atoms with E-state index in [-0.39, 0.29) is 5.91 Å². The predicted octanol–water partition coefficient (Wildman–Crippen LogP) is 7.61. The molecule has 0 saturated heterocycles. The highest BCUT2D eigenvalue weighted by Crippen LogP contribution is 2.47. The molecule has 5 nitrogen and oxygen atoms in total. The number of nitrogens with zero attached hydrogens (tertiary/aromatic N) is 2. The number of hydrogen-bond donors (Lipinski definition) is 1. The molecular weight excluding hydrogens is 589 g/mol. The first-order chi connectivity index (χ1) is 22.4. The number of benzene rings is 5. The number of carbonyl (C=O) groups excluding carboxylic acids is 1. The van der Waals surface area contributed by atoms with Crippen molar-refractivity contribution in [2.24, 2.45) is 0 Å². The van der Waals surface area contributed by atoms with Gasteiger partial charge in [-0.1, -0.05) is 127 Å². The van der Waals surface area contributed by atoms with Crippen molar-refractivity contribution in [3.8, 4) is 0 Å². The topological polar surface area (TPSA) is 53.0 Å². The third-order valence-electron chi connectivity index (χ3n) is 8.55. The number of aliphatic hydroxyl groups is 1. The SMILES string of the molecule is Cc1ccc([C@@H]2Sc3cc(COC(c4ccccc4)(c4ccccc4)c4ccccc4)ccc3N(CCN(C)C)C(=O)[C@@H]2O)cc1. The summed E-state index contributed by atoms with van der Waals surface area (Å²) in [5, 5.41) is 11.0. The molecule has 1 aliphatic rings. The molecule has 1 aliphatic heterocycles. The number of ether oxygens (including phenoxy) is 1. The molecule has 2 atom stereocenters. The van der Waals surface area contributed by atoms with E-state index in [1.54, 1.807) is 16.7 Å². The molecule has 0 fully saturated rings. The number of aliphatic hydroxyl groups excluding tert-OH is 1. The lowest BCUT2D eigenvalue weighted by molar-refractivity contribution is -0.126. The van der Waals surface area contributed by atoms with E-state index >= 15 is 0 Å². The summed E-state index contributed by atoms with van der Waals surface area (Å²) in [5.74, 6) is -0.279. The van der Waals surface area contributed by atoms with E-state index < -0.39 is 17.0 Å². The van der Waals surface area contributed by atoms with Crippen LogP contribution in [-0.2, 0) is 21.7 Å². The van der Waals surface area contributed by atoms with Gasteiger partial charge < -0.3 is 19.6 Å². The van der Waals surface area contributed by atoms with E-state index in [0.717, 1.165) is 44.0 Å². The van der Waals surface area contributed by atoms with Gasteiger partial charge >= 0.3 is 0 Å². The lowest BCUT2D eigenvalue weighted by Gasteiger charge is -2.36. The number of anilines is 1. The van der Waals surface area contributed by atoms with Crippen molar-refractivity contribution in [3.05, 3.63) is 167 Å². The molecule has 0 saturated carbocycles. The molecule has 0 aromatic heterocycles. The third-order valence-corrected chi connectivity index (χ3v) is 9.91. The fourth-order valence-electron chi connectivity index (χ4n) is 6.07. The predicted molar refractivity (Wildman–Crippen MR) is 187 cm³/mol. The molecule has 5 aromatic rings. The van der Waals surface area contributed by atoms with Crippen molar-refractivity contribution in [1.29, 1.82) is 0 Å². The Morgan fingerprint density at radius 3 is 1.85 bits per heavy atom. The second kappa shape index (κ2) is 14.1. The van der Waals surface area contributed by atoms with Crippen LogP contribution in [0.5, 0.6) is 0 Å². The number of fused-ring (bicyclic) bond motifs is 1. The van der Waals surface area contributed by atoms with Crippen molar-refractivity contribution in [3.63, 3.8) is 0 Å². The number of rotatable bonds is 10. The molecule has 5 aromatic carbocycles. The number of hydrogen-bond acceptors (Lipinski definition) is 5. The van der Waals surface area contributed by atoms with Crippen LogP contribution in [0.3, 0.4) is 0 Å². The standard InChI is InChI=1S/C40H40N2O3S/c1-29-19-22-31(23-20-29)38-37(43)39(44)42(26-25-41(2)3)35-24-21-30(27-36(35)46-38)28-45-40(32-13-7-4-8-14-32,33-15-9-5-10-16-33)34-17-11-6-12-18-34/h4-24,27,37-38,43H,25-26,28H2,1-3H3/t37-,38+/m1/s1. The molecule has 0 aliphatic carbocycles. The molecule has 46 heavy (non-hydrogen) atoms. The van der Waals surface area contributed by atoms with Crippen LogP contribution >= 0.6 is 11.8 Å². The van der Waals surface area contributed by atoms with Gasteiger partial charge in [0, 0.05) is 18.0 Å². The summed E-state index contributed by atoms with van der Waals surface area (Å²) in [6, 6.07) is 45.4. The summed E-state index contributed by atoms with van der Waals surface area (Å²) >= 11 is 1.54. The van der Waals surface area contributed by atoms with Gasteiger partial charge in [-0.25, -0.2) is 0 Å². The van der Waals surface area contributed by atoms with Crippen LogP contribution in [0.1, 0.15) is 38.6 Å². The minimum absolute atomic E-state index is 0.279. The van der Waals surface area contributed by atoms with E-state index in [4.69, 9.17) is 4.74 Å². The van der Waals surface area contributed by atoms with E-state index in [9.17, 15) is 9.90 Å². The first-order valence-corrected chi connectivity index (χ1v) is 16.6. The Morgan fingerprint density at radius 2 is 1.33 bits per heavy atom. The maximum absolute atomic E-state index is 13.8. The summed E-state index contributed by atoms with van der Waals surface area (Å²) in [6.45, 7) is 3.52. The summed E-state index contributed by atoms with van der Waals surface area (Å²) in [5.41, 5.74) is 6.13. The lowest BCUT2D eigenvalue weighted by Crippen LogP contribution is -2.43. The van der Waals surface area contributed by atoms with Crippen LogP contribution in [0.15, 0.2) is 138 Å². The number of thioether (sulfide) groups is 1. The van der Waals surface area contributed by atoms with Gasteiger partial charge in [-0.3, -0.25) is 4.79 Å². The maximum atomic E-state index is 13.8. The van der Waals surface area contributed by atoms with Crippen LogP contribution in [0, 0.1) is 6.92 Å². The van der Waals surface area contributed by atoms with Crippen LogP contribution in [-0.4, -0.2) is 49.2 Å². The fraction of sp³-hybridized carbons (Fsp3) is 0.225. The van der Waals surface area contributed by atoms with Gasteiger partial charge in [0.15, 0.2) is 0 Å². The molecule has 0 spiro atoms. The number of carbonyl (C=O) groups is 1. The molecule has 1 heterocycles. The van der Waals surface area contributed by atoms with Gasteiger partial charge in [0.05, 0.1) is 17.5 Å². The zero-order valence-corrected chi connectivity index (χ0v) is 27.4. The zero-order valence-electron chi connectivity index (χ0n) is 26.5. The summed E-state index contributed by atoms with van der Waals surface area (Å²) < 4.78 is 7.12. The normalized spacial score (nSPS) is 16.7. The molecule has 0 radical (unpaired) electrons. The third kappa shape index (κ3) is 6.53.